The maximum absolute atomic E-state index is 10.7. The number of nitrogens with zero attached hydrogens (tertiary/aromatic N) is 2. The number of aromatic amines is 1. The average molecular weight is 296 g/mol. The number of aromatic nitrogens is 2. The molecule has 0 aliphatic rings. The molecule has 0 spiro atoms. The Labute approximate surface area is 125 Å². The van der Waals surface area contributed by atoms with Crippen molar-refractivity contribution >= 4 is 11.4 Å². The van der Waals surface area contributed by atoms with Crippen LogP contribution in [0.4, 0.5) is 11.4 Å². The second-order valence-electron chi connectivity index (χ2n) is 4.56. The van der Waals surface area contributed by atoms with Crippen molar-refractivity contribution in [2.45, 2.75) is 0 Å². The van der Waals surface area contributed by atoms with Crippen molar-refractivity contribution in [3.05, 3.63) is 65.1 Å². The summed E-state index contributed by atoms with van der Waals surface area (Å²) < 4.78 is 5.68. The van der Waals surface area contributed by atoms with Crippen molar-refractivity contribution in [1.29, 1.82) is 0 Å². The van der Waals surface area contributed by atoms with Gasteiger partial charge in [-0.1, -0.05) is 0 Å². The minimum atomic E-state index is -0.532. The molecule has 0 bridgehead atoms. The van der Waals surface area contributed by atoms with Crippen LogP contribution in [0.2, 0.25) is 0 Å². The van der Waals surface area contributed by atoms with Gasteiger partial charge in [-0.05, 0) is 18.2 Å². The highest BCUT2D eigenvalue weighted by Crippen LogP contribution is 2.30. The number of nitro groups is 1. The van der Waals surface area contributed by atoms with E-state index in [2.05, 4.69) is 9.97 Å². The molecule has 110 valence electrons. The van der Waals surface area contributed by atoms with Crippen molar-refractivity contribution in [2.75, 3.05) is 5.73 Å². The number of nitrogens with two attached hydrogens (primary N) is 1. The van der Waals surface area contributed by atoms with Crippen LogP contribution in [0, 0.1) is 10.1 Å². The van der Waals surface area contributed by atoms with Crippen molar-refractivity contribution in [3.8, 4) is 22.8 Å². The standard InChI is InChI=1S/C15H12N4O3/c16-13-7-11(1-2-15(13)19(20)21)22-12-4-6-18-14(8-12)10-3-5-17-9-10/h1-9,17H,16H2. The van der Waals surface area contributed by atoms with E-state index < -0.39 is 4.92 Å². The molecule has 7 heteroatoms. The number of ether oxygens (including phenoxy) is 1. The highest BCUT2D eigenvalue weighted by molar-refractivity contribution is 5.62. The van der Waals surface area contributed by atoms with E-state index in [1.807, 2.05) is 18.5 Å². The van der Waals surface area contributed by atoms with Crippen molar-refractivity contribution in [3.63, 3.8) is 0 Å². The van der Waals surface area contributed by atoms with Gasteiger partial charge in [0.1, 0.15) is 17.2 Å². The number of anilines is 1. The van der Waals surface area contributed by atoms with Gasteiger partial charge in [-0.25, -0.2) is 0 Å². The molecule has 2 heterocycles. The Kier molecular flexibility index (Phi) is 3.45. The smallest absolute Gasteiger partial charge is 0.292 e. The third kappa shape index (κ3) is 2.73. The summed E-state index contributed by atoms with van der Waals surface area (Å²) in [6, 6.07) is 9.63. The number of nitrogen functional groups attached to an aromatic ring is 1. The first-order valence-corrected chi connectivity index (χ1v) is 6.44. The Balaban J connectivity index is 1.86. The zero-order chi connectivity index (χ0) is 15.5. The number of benzene rings is 1. The molecule has 0 amide bonds. The summed E-state index contributed by atoms with van der Waals surface area (Å²) in [6.07, 6.45) is 5.27. The zero-order valence-corrected chi connectivity index (χ0v) is 11.4. The van der Waals surface area contributed by atoms with Gasteiger partial charge in [-0.3, -0.25) is 15.1 Å². The topological polar surface area (TPSA) is 107 Å². The molecule has 0 unspecified atom stereocenters. The molecular weight excluding hydrogens is 284 g/mol. The molecule has 0 fully saturated rings. The van der Waals surface area contributed by atoms with E-state index in [0.717, 1.165) is 11.3 Å². The Morgan fingerprint density at radius 3 is 2.68 bits per heavy atom. The van der Waals surface area contributed by atoms with Crippen LogP contribution in [0.15, 0.2) is 55.0 Å². The number of H-pyrrole nitrogens is 1. The molecule has 3 rings (SSSR count). The fraction of sp³-hybridized carbons (Fsp3) is 0. The molecule has 0 radical (unpaired) electrons. The highest BCUT2D eigenvalue weighted by Gasteiger charge is 2.12. The second kappa shape index (κ2) is 5.57. The highest BCUT2D eigenvalue weighted by atomic mass is 16.6. The maximum Gasteiger partial charge on any atom is 0.292 e. The average Bonchev–Trinajstić information content (AvgIpc) is 3.01. The van der Waals surface area contributed by atoms with E-state index in [1.54, 1.807) is 18.3 Å². The van der Waals surface area contributed by atoms with Gasteiger partial charge >= 0.3 is 0 Å². The van der Waals surface area contributed by atoms with Gasteiger partial charge in [0.05, 0.1) is 10.6 Å². The van der Waals surface area contributed by atoms with Gasteiger partial charge < -0.3 is 15.5 Å². The molecule has 7 nitrogen and oxygen atoms in total. The van der Waals surface area contributed by atoms with Gasteiger partial charge in [0.15, 0.2) is 0 Å². The maximum atomic E-state index is 10.7. The Bertz CT molecular complexity index is 815. The number of hydrogen-bond donors (Lipinski definition) is 2. The van der Waals surface area contributed by atoms with Crippen LogP contribution in [0.25, 0.3) is 11.3 Å². The lowest BCUT2D eigenvalue weighted by molar-refractivity contribution is -0.383. The first-order chi connectivity index (χ1) is 10.6. The fourth-order valence-corrected chi connectivity index (χ4v) is 2.01. The molecule has 0 saturated heterocycles. The van der Waals surface area contributed by atoms with Gasteiger partial charge in [0, 0.05) is 42.4 Å². The van der Waals surface area contributed by atoms with Gasteiger partial charge in [0.2, 0.25) is 0 Å². The Morgan fingerprint density at radius 2 is 2.00 bits per heavy atom. The number of hydrogen-bond acceptors (Lipinski definition) is 5. The minimum Gasteiger partial charge on any atom is -0.457 e. The molecule has 0 atom stereocenters. The van der Waals surface area contributed by atoms with E-state index in [-0.39, 0.29) is 11.4 Å². The van der Waals surface area contributed by atoms with Crippen molar-refractivity contribution < 1.29 is 9.66 Å². The van der Waals surface area contributed by atoms with Crippen LogP contribution in [-0.2, 0) is 0 Å². The third-order valence-corrected chi connectivity index (χ3v) is 3.06. The minimum absolute atomic E-state index is 0.0578. The molecule has 0 aliphatic heterocycles. The second-order valence-corrected chi connectivity index (χ2v) is 4.56. The van der Waals surface area contributed by atoms with Crippen LogP contribution in [0.3, 0.4) is 0 Å². The molecule has 22 heavy (non-hydrogen) atoms. The Morgan fingerprint density at radius 1 is 1.18 bits per heavy atom. The number of pyridine rings is 1. The zero-order valence-electron chi connectivity index (χ0n) is 11.4. The molecule has 3 N–H and O–H groups in total. The van der Waals surface area contributed by atoms with E-state index in [0.29, 0.717) is 11.5 Å². The van der Waals surface area contributed by atoms with Crippen LogP contribution >= 0.6 is 0 Å². The molecule has 1 aromatic carbocycles. The molecule has 2 aromatic heterocycles. The predicted molar refractivity (Wildman–Crippen MR) is 81.6 cm³/mol. The number of nitro benzene ring substituents is 1. The van der Waals surface area contributed by atoms with Crippen molar-refractivity contribution in [1.82, 2.24) is 9.97 Å². The van der Waals surface area contributed by atoms with Gasteiger partial charge in [0.25, 0.3) is 5.69 Å². The van der Waals surface area contributed by atoms with Crippen molar-refractivity contribution in [2.24, 2.45) is 0 Å². The monoisotopic (exact) mass is 296 g/mol. The summed E-state index contributed by atoms with van der Waals surface area (Å²) in [4.78, 5) is 17.4. The van der Waals surface area contributed by atoms with E-state index in [4.69, 9.17) is 10.5 Å². The van der Waals surface area contributed by atoms with E-state index in [1.165, 1.54) is 18.2 Å². The molecular formula is C15H12N4O3. The first kappa shape index (κ1) is 13.6. The summed E-state index contributed by atoms with van der Waals surface area (Å²) in [6.45, 7) is 0. The van der Waals surface area contributed by atoms with E-state index >= 15 is 0 Å². The van der Waals surface area contributed by atoms with Gasteiger partial charge in [-0.2, -0.15) is 0 Å². The number of nitrogens with one attached hydrogen (secondary N) is 1. The summed E-state index contributed by atoms with van der Waals surface area (Å²) in [7, 11) is 0. The SMILES string of the molecule is Nc1cc(Oc2ccnc(-c3cc[nH]c3)c2)ccc1[N+](=O)[O-]. The van der Waals surface area contributed by atoms with Crippen LogP contribution in [0.1, 0.15) is 0 Å². The van der Waals surface area contributed by atoms with Crippen LogP contribution in [-0.4, -0.2) is 14.9 Å². The lowest BCUT2D eigenvalue weighted by Gasteiger charge is -2.07. The molecule has 0 aliphatic carbocycles. The van der Waals surface area contributed by atoms with Crippen LogP contribution < -0.4 is 10.5 Å². The summed E-state index contributed by atoms with van der Waals surface area (Å²) in [5, 5.41) is 10.7. The normalized spacial score (nSPS) is 10.4. The Hall–Kier alpha value is -3.35. The fourth-order valence-electron chi connectivity index (χ4n) is 2.01. The first-order valence-electron chi connectivity index (χ1n) is 6.44. The van der Waals surface area contributed by atoms with E-state index in [9.17, 15) is 10.1 Å². The summed E-state index contributed by atoms with van der Waals surface area (Å²) >= 11 is 0. The third-order valence-electron chi connectivity index (χ3n) is 3.06. The number of rotatable bonds is 4. The summed E-state index contributed by atoms with van der Waals surface area (Å²) in [5.74, 6) is 0.994. The lowest BCUT2D eigenvalue weighted by atomic mass is 10.2. The quantitative estimate of drug-likeness (QED) is 0.436. The summed E-state index contributed by atoms with van der Waals surface area (Å²) in [5.41, 5.74) is 7.26. The van der Waals surface area contributed by atoms with Gasteiger partial charge in [-0.15, -0.1) is 0 Å². The van der Waals surface area contributed by atoms with Crippen LogP contribution in [0.5, 0.6) is 11.5 Å². The lowest BCUT2D eigenvalue weighted by Crippen LogP contribution is -1.96. The largest absolute Gasteiger partial charge is 0.457 e. The molecule has 0 saturated carbocycles. The molecule has 3 aromatic rings. The predicted octanol–water partition coefficient (Wildman–Crippen LogP) is 3.36.